The fraction of sp³-hybridized carbons (Fsp3) is 0.488. The standard InChI is InChI=1S/C43H57N5O3/c1-27(2)19-35(22-44)43(49)48-16-15-36-33(13-12-14-37(36)42(48)28(3)4)24-47-18-17-46(23-29(47)5)26-39-40(50-10)20-34(21-41(39)51-11)38-25-45(9)32(8)30(6)31(38)7/h12-14,19-21,25,27-29,42H,8,15-18,23-24,26H2,1-7,9-11H3/b35-19+. The summed E-state index contributed by atoms with van der Waals surface area (Å²) in [5.41, 5.74) is 10.8. The highest BCUT2D eigenvalue weighted by atomic mass is 16.5. The van der Waals surface area contributed by atoms with Crippen molar-refractivity contribution in [2.75, 3.05) is 47.4 Å². The number of hydrogen-bond donors (Lipinski definition) is 0. The van der Waals surface area contributed by atoms with Crippen LogP contribution in [0.15, 0.2) is 71.6 Å². The third-order valence-electron chi connectivity index (χ3n) is 11.0. The number of rotatable bonds is 10. The Labute approximate surface area is 306 Å². The Morgan fingerprint density at radius 1 is 1.04 bits per heavy atom. The van der Waals surface area contributed by atoms with Gasteiger partial charge in [0.15, 0.2) is 0 Å². The first-order chi connectivity index (χ1) is 24.3. The van der Waals surface area contributed by atoms with Crippen molar-refractivity contribution in [1.29, 1.82) is 5.26 Å². The molecule has 0 aromatic heterocycles. The van der Waals surface area contributed by atoms with E-state index < -0.39 is 0 Å². The van der Waals surface area contributed by atoms with Gasteiger partial charge in [0.25, 0.3) is 5.91 Å². The molecule has 1 amide bonds. The maximum Gasteiger partial charge on any atom is 0.264 e. The van der Waals surface area contributed by atoms with E-state index in [0.29, 0.717) is 12.6 Å². The lowest BCUT2D eigenvalue weighted by molar-refractivity contribution is -0.130. The Morgan fingerprint density at radius 3 is 2.31 bits per heavy atom. The van der Waals surface area contributed by atoms with Crippen molar-refractivity contribution in [2.45, 2.75) is 80.1 Å². The molecule has 2 aromatic rings. The van der Waals surface area contributed by atoms with Crippen molar-refractivity contribution >= 4 is 11.5 Å². The Balaban J connectivity index is 1.32. The van der Waals surface area contributed by atoms with E-state index >= 15 is 0 Å². The van der Waals surface area contributed by atoms with Gasteiger partial charge in [0.2, 0.25) is 0 Å². The molecular weight excluding hydrogens is 635 g/mol. The normalized spacial score (nSPS) is 20.5. The van der Waals surface area contributed by atoms with Gasteiger partial charge in [-0.15, -0.1) is 0 Å². The van der Waals surface area contributed by atoms with Crippen LogP contribution in [0.3, 0.4) is 0 Å². The van der Waals surface area contributed by atoms with E-state index in [2.05, 4.69) is 98.5 Å². The summed E-state index contributed by atoms with van der Waals surface area (Å²) >= 11 is 0. The molecule has 0 bridgehead atoms. The van der Waals surface area contributed by atoms with Gasteiger partial charge >= 0.3 is 0 Å². The first-order valence-corrected chi connectivity index (χ1v) is 18.4. The van der Waals surface area contributed by atoms with Crippen molar-refractivity contribution in [2.24, 2.45) is 11.8 Å². The molecule has 51 heavy (non-hydrogen) atoms. The zero-order valence-corrected chi connectivity index (χ0v) is 32.5. The number of carbonyl (C=O) groups excluding carboxylic acids is 1. The van der Waals surface area contributed by atoms with Crippen LogP contribution in [0, 0.1) is 23.2 Å². The van der Waals surface area contributed by atoms with Crippen molar-refractivity contribution in [3.8, 4) is 17.6 Å². The van der Waals surface area contributed by atoms with Gasteiger partial charge in [-0.25, -0.2) is 0 Å². The second-order valence-electron chi connectivity index (χ2n) is 15.1. The summed E-state index contributed by atoms with van der Waals surface area (Å²) in [6.45, 7) is 24.2. The fourth-order valence-electron chi connectivity index (χ4n) is 8.04. The quantitative estimate of drug-likeness (QED) is 0.187. The number of hydrogen-bond acceptors (Lipinski definition) is 7. The Hall–Kier alpha value is -4.32. The number of fused-ring (bicyclic) bond motifs is 1. The zero-order chi connectivity index (χ0) is 37.1. The van der Waals surface area contributed by atoms with E-state index in [1.54, 1.807) is 20.3 Å². The minimum absolute atomic E-state index is 0.0607. The van der Waals surface area contributed by atoms with Gasteiger partial charge in [0, 0.05) is 69.8 Å². The molecule has 3 heterocycles. The lowest BCUT2D eigenvalue weighted by Gasteiger charge is -2.42. The third-order valence-corrected chi connectivity index (χ3v) is 11.0. The molecule has 0 N–H and O–H groups in total. The topological polar surface area (TPSA) is 72.3 Å². The maximum absolute atomic E-state index is 13.6. The van der Waals surface area contributed by atoms with Crippen LogP contribution in [0.1, 0.15) is 82.3 Å². The number of allylic oxidation sites excluding steroid dienone is 4. The largest absolute Gasteiger partial charge is 0.496 e. The Kier molecular flexibility index (Phi) is 11.8. The molecule has 0 radical (unpaired) electrons. The molecule has 2 unspecified atom stereocenters. The van der Waals surface area contributed by atoms with Gasteiger partial charge in [0.05, 0.1) is 25.8 Å². The molecule has 0 spiro atoms. The highest BCUT2D eigenvalue weighted by Gasteiger charge is 2.36. The zero-order valence-electron chi connectivity index (χ0n) is 32.5. The SMILES string of the molecule is C=C1C(C)=C(C)C(c2cc(OC)c(CN3CCN(Cc4cccc5c4CCN(C(=O)/C(C#N)=C/C(C)C)C5C(C)C)C(C)C3)c(OC)c2)=CN1C. The molecule has 2 aromatic carbocycles. The average Bonchev–Trinajstić information content (AvgIpc) is 3.11. The molecule has 5 rings (SSSR count). The highest BCUT2D eigenvalue weighted by Crippen LogP contribution is 2.41. The summed E-state index contributed by atoms with van der Waals surface area (Å²) in [5, 5.41) is 9.80. The molecule has 0 saturated carbocycles. The van der Waals surface area contributed by atoms with Crippen molar-refractivity contribution in [3.63, 3.8) is 0 Å². The molecule has 1 fully saturated rings. The smallest absolute Gasteiger partial charge is 0.264 e. The van der Waals surface area contributed by atoms with E-state index in [1.807, 2.05) is 25.8 Å². The van der Waals surface area contributed by atoms with E-state index in [4.69, 9.17) is 9.47 Å². The number of methoxy groups -OCH3 is 2. The minimum Gasteiger partial charge on any atom is -0.496 e. The second-order valence-corrected chi connectivity index (χ2v) is 15.1. The van der Waals surface area contributed by atoms with Crippen LogP contribution in [0.25, 0.3) is 5.57 Å². The summed E-state index contributed by atoms with van der Waals surface area (Å²) < 4.78 is 12.0. The van der Waals surface area contributed by atoms with E-state index in [1.165, 1.54) is 27.8 Å². The van der Waals surface area contributed by atoms with Crippen molar-refractivity contribution in [1.82, 2.24) is 19.6 Å². The fourth-order valence-corrected chi connectivity index (χ4v) is 8.04. The Bertz CT molecular complexity index is 1770. The van der Waals surface area contributed by atoms with Crippen LogP contribution in [-0.2, 0) is 24.3 Å². The molecule has 3 aliphatic heterocycles. The molecule has 3 aliphatic rings. The number of nitrogens with zero attached hydrogens (tertiary/aromatic N) is 5. The van der Waals surface area contributed by atoms with Crippen LogP contribution in [0.2, 0.25) is 0 Å². The summed E-state index contributed by atoms with van der Waals surface area (Å²) in [5.74, 6) is 1.88. The summed E-state index contributed by atoms with van der Waals surface area (Å²) in [6.07, 6.45) is 4.72. The van der Waals surface area contributed by atoms with Crippen LogP contribution in [0.4, 0.5) is 0 Å². The van der Waals surface area contributed by atoms with Gasteiger partial charge < -0.3 is 19.3 Å². The lowest BCUT2D eigenvalue weighted by Crippen LogP contribution is -2.51. The molecule has 8 heteroatoms. The first kappa shape index (κ1) is 37.9. The van der Waals surface area contributed by atoms with Gasteiger partial charge in [-0.3, -0.25) is 14.6 Å². The lowest BCUT2D eigenvalue weighted by atomic mass is 9.83. The monoisotopic (exact) mass is 691 g/mol. The number of piperazine rings is 1. The predicted octanol–water partition coefficient (Wildman–Crippen LogP) is 7.73. The summed E-state index contributed by atoms with van der Waals surface area (Å²) in [6, 6.07) is 13.3. The average molecular weight is 692 g/mol. The number of benzene rings is 2. The number of nitriles is 1. The van der Waals surface area contributed by atoms with Crippen LogP contribution in [0.5, 0.6) is 11.5 Å². The van der Waals surface area contributed by atoms with Gasteiger partial charge in [-0.1, -0.05) is 58.5 Å². The molecule has 272 valence electrons. The number of ether oxygens (including phenoxy) is 2. The summed E-state index contributed by atoms with van der Waals surface area (Å²) in [4.78, 5) is 22.7. The molecule has 0 aliphatic carbocycles. The van der Waals surface area contributed by atoms with Crippen LogP contribution in [-0.4, -0.2) is 79.0 Å². The molecule has 1 saturated heterocycles. The first-order valence-electron chi connectivity index (χ1n) is 18.4. The molecule has 8 nitrogen and oxygen atoms in total. The molecular formula is C43H57N5O3. The van der Waals surface area contributed by atoms with Crippen LogP contribution < -0.4 is 9.47 Å². The van der Waals surface area contributed by atoms with E-state index in [9.17, 15) is 10.1 Å². The third kappa shape index (κ3) is 7.80. The van der Waals surface area contributed by atoms with Gasteiger partial charge in [0.1, 0.15) is 23.1 Å². The van der Waals surface area contributed by atoms with Crippen molar-refractivity contribution in [3.05, 3.63) is 99.4 Å². The number of likely N-dealkylation sites (N-methyl/N-ethyl adjacent to an activating group) is 1. The van der Waals surface area contributed by atoms with Crippen LogP contribution >= 0.6 is 0 Å². The maximum atomic E-state index is 13.6. The van der Waals surface area contributed by atoms with Gasteiger partial charge in [-0.05, 0) is 84.6 Å². The highest BCUT2D eigenvalue weighted by molar-refractivity contribution is 5.97. The predicted molar refractivity (Wildman–Crippen MR) is 206 cm³/mol. The second kappa shape index (κ2) is 15.9. The number of amides is 1. The molecule has 2 atom stereocenters. The number of carbonyl (C=O) groups is 1. The van der Waals surface area contributed by atoms with E-state index in [0.717, 1.165) is 73.0 Å². The van der Waals surface area contributed by atoms with E-state index in [-0.39, 0.29) is 29.4 Å². The van der Waals surface area contributed by atoms with Gasteiger partial charge in [-0.2, -0.15) is 5.26 Å². The van der Waals surface area contributed by atoms with Crippen molar-refractivity contribution < 1.29 is 14.3 Å². The Morgan fingerprint density at radius 2 is 1.73 bits per heavy atom. The summed E-state index contributed by atoms with van der Waals surface area (Å²) in [7, 11) is 5.51. The minimum atomic E-state index is -0.152.